The molecule has 0 radical (unpaired) electrons. The Morgan fingerprint density at radius 3 is 2.44 bits per heavy atom. The summed E-state index contributed by atoms with van der Waals surface area (Å²) in [5.74, 6) is 0.0670. The van der Waals surface area contributed by atoms with Gasteiger partial charge in [-0.25, -0.2) is 0 Å². The molecule has 6 heteroatoms. The van der Waals surface area contributed by atoms with Crippen molar-refractivity contribution in [3.63, 3.8) is 0 Å². The maximum atomic E-state index is 9.82. The highest BCUT2D eigenvalue weighted by Gasteiger charge is 2.25. The third-order valence-corrected chi connectivity index (χ3v) is 3.29. The number of hydrogen-bond donors (Lipinski definition) is 2. The van der Waals surface area contributed by atoms with Gasteiger partial charge in [-0.15, -0.1) is 14.1 Å². The van der Waals surface area contributed by atoms with E-state index in [1.165, 1.54) is 12.1 Å². The second-order valence-corrected chi connectivity index (χ2v) is 4.61. The summed E-state index contributed by atoms with van der Waals surface area (Å²) in [6, 6.07) is 10.1. The normalized spacial score (nSPS) is 12.1. The summed E-state index contributed by atoms with van der Waals surface area (Å²) in [5, 5.41) is 19.8. The lowest BCUT2D eigenvalue weighted by Gasteiger charge is -1.98. The van der Waals surface area contributed by atoms with E-state index < -0.39 is 0 Å². The molecule has 2 aromatic carbocycles. The van der Waals surface area contributed by atoms with Gasteiger partial charge in [-0.3, -0.25) is 0 Å². The highest BCUT2D eigenvalue weighted by Crippen LogP contribution is 2.33. The van der Waals surface area contributed by atoms with Gasteiger partial charge in [0.15, 0.2) is 0 Å². The first-order valence-corrected chi connectivity index (χ1v) is 5.76. The van der Waals surface area contributed by atoms with Crippen molar-refractivity contribution in [2.75, 3.05) is 0 Å². The molecule has 0 bridgehead atoms. The smallest absolute Gasteiger partial charge is 0.146 e. The molecule has 4 aromatic rings. The van der Waals surface area contributed by atoms with Crippen LogP contribution in [-0.4, -0.2) is 24.3 Å². The van der Waals surface area contributed by atoms with Crippen molar-refractivity contribution in [3.8, 4) is 17.2 Å². The lowest BCUT2D eigenvalue weighted by atomic mass is 10.3. The van der Waals surface area contributed by atoms with Crippen molar-refractivity contribution < 1.29 is 10.2 Å². The number of hydrogen-bond acceptors (Lipinski definition) is 2. The summed E-state index contributed by atoms with van der Waals surface area (Å²) in [5.41, 5.74) is 2.64. The molecule has 2 N–H and O–H groups in total. The molecule has 0 amide bonds. The quantitative estimate of drug-likeness (QED) is 0.553. The maximum absolute atomic E-state index is 9.82. The van der Waals surface area contributed by atoms with Crippen LogP contribution in [0.2, 0.25) is 5.02 Å². The van der Waals surface area contributed by atoms with Crippen LogP contribution in [0.1, 0.15) is 0 Å². The Labute approximate surface area is 106 Å². The predicted octanol–water partition coefficient (Wildman–Crippen LogP) is 2.49. The second-order valence-electron chi connectivity index (χ2n) is 4.17. The van der Waals surface area contributed by atoms with Crippen LogP contribution in [-0.2, 0) is 0 Å². The SMILES string of the molecule is Oc1ccc(-n2n3c4ccc(Cl)cc4n23)c(O)c1. The molecular weight excluding hydrogens is 254 g/mol. The number of aromatic hydroxyl groups is 2. The first kappa shape index (κ1) is 9.73. The minimum atomic E-state index is 0.0291. The molecular formula is C12H8ClN3O2. The van der Waals surface area contributed by atoms with E-state index in [0.717, 1.165) is 11.0 Å². The third-order valence-electron chi connectivity index (χ3n) is 3.05. The Morgan fingerprint density at radius 2 is 1.67 bits per heavy atom. The zero-order valence-electron chi connectivity index (χ0n) is 9.08. The van der Waals surface area contributed by atoms with Gasteiger partial charge in [0.25, 0.3) is 0 Å². The van der Waals surface area contributed by atoms with Gasteiger partial charge in [0.05, 0.1) is 0 Å². The van der Waals surface area contributed by atoms with E-state index in [-0.39, 0.29) is 11.5 Å². The standard InChI is InChI=1S/C12H8ClN3O2/c13-7-1-3-9-11(5-7)16-14(9)15(16)10-4-2-8(17)6-12(10)18/h1-6,17-18H. The lowest BCUT2D eigenvalue weighted by Crippen LogP contribution is -1.88. The zero-order valence-corrected chi connectivity index (χ0v) is 9.83. The monoisotopic (exact) mass is 261 g/mol. The molecule has 5 nitrogen and oxygen atoms in total. The van der Waals surface area contributed by atoms with E-state index in [0.29, 0.717) is 10.7 Å². The van der Waals surface area contributed by atoms with Crippen LogP contribution in [0.25, 0.3) is 16.7 Å². The fraction of sp³-hybridized carbons (Fsp3) is 0. The zero-order chi connectivity index (χ0) is 12.4. The Hall–Kier alpha value is -2.27. The van der Waals surface area contributed by atoms with Crippen LogP contribution in [0, 0.1) is 0 Å². The molecule has 0 atom stereocenters. The molecule has 0 saturated carbocycles. The first-order valence-electron chi connectivity index (χ1n) is 5.38. The van der Waals surface area contributed by atoms with Gasteiger partial charge in [0, 0.05) is 11.1 Å². The Balaban J connectivity index is 1.95. The van der Waals surface area contributed by atoms with Crippen molar-refractivity contribution in [1.29, 1.82) is 0 Å². The molecule has 2 aromatic heterocycles. The molecule has 2 heterocycles. The molecule has 0 aliphatic carbocycles. The van der Waals surface area contributed by atoms with Crippen molar-refractivity contribution in [1.82, 2.24) is 14.1 Å². The molecule has 0 aliphatic heterocycles. The topological polar surface area (TPSA) is 54.2 Å². The summed E-state index contributed by atoms with van der Waals surface area (Å²) < 4.78 is 3.78. The maximum Gasteiger partial charge on any atom is 0.146 e. The Bertz CT molecular complexity index is 871. The second kappa shape index (κ2) is 2.94. The molecule has 18 heavy (non-hydrogen) atoms. The molecule has 0 unspecified atom stereocenters. The van der Waals surface area contributed by atoms with Gasteiger partial charge >= 0.3 is 0 Å². The van der Waals surface area contributed by atoms with Crippen molar-refractivity contribution >= 4 is 22.6 Å². The molecule has 0 saturated heterocycles. The average Bonchev–Trinajstić information content (AvgIpc) is 2.96. The van der Waals surface area contributed by atoms with Crippen LogP contribution in [0.4, 0.5) is 0 Å². The minimum absolute atomic E-state index is 0.0291. The fourth-order valence-corrected chi connectivity index (χ4v) is 2.37. The van der Waals surface area contributed by atoms with Crippen LogP contribution < -0.4 is 0 Å². The molecule has 0 fully saturated rings. The number of benzene rings is 2. The molecule has 4 rings (SSSR count). The van der Waals surface area contributed by atoms with E-state index in [1.54, 1.807) is 10.9 Å². The van der Waals surface area contributed by atoms with Gasteiger partial charge in [0.2, 0.25) is 0 Å². The van der Waals surface area contributed by atoms with Gasteiger partial charge in [-0.2, -0.15) is 0 Å². The molecule has 0 aliphatic rings. The summed E-state index contributed by atoms with van der Waals surface area (Å²) >= 11 is 5.93. The number of phenols is 2. The number of nitrogens with zero attached hydrogens (tertiary/aromatic N) is 3. The van der Waals surface area contributed by atoms with Gasteiger partial charge in [-0.1, -0.05) is 11.6 Å². The van der Waals surface area contributed by atoms with E-state index in [4.69, 9.17) is 11.6 Å². The summed E-state index contributed by atoms with van der Waals surface area (Å²) in [7, 11) is 0. The third kappa shape index (κ3) is 1.06. The highest BCUT2D eigenvalue weighted by atomic mass is 35.5. The number of aromatic nitrogens is 3. The van der Waals surface area contributed by atoms with Crippen LogP contribution >= 0.6 is 11.6 Å². The first-order chi connectivity index (χ1) is 8.66. The fourth-order valence-electron chi connectivity index (χ4n) is 2.20. The van der Waals surface area contributed by atoms with Crippen LogP contribution in [0.15, 0.2) is 36.4 Å². The van der Waals surface area contributed by atoms with Gasteiger partial charge < -0.3 is 10.2 Å². The summed E-state index contributed by atoms with van der Waals surface area (Å²) in [6.07, 6.45) is 0. The highest BCUT2D eigenvalue weighted by molar-refractivity contribution is 6.31. The van der Waals surface area contributed by atoms with E-state index >= 15 is 0 Å². The Morgan fingerprint density at radius 1 is 0.889 bits per heavy atom. The van der Waals surface area contributed by atoms with Crippen LogP contribution in [0.5, 0.6) is 11.5 Å². The lowest BCUT2D eigenvalue weighted by molar-refractivity contribution is 0.448. The minimum Gasteiger partial charge on any atom is -0.508 e. The van der Waals surface area contributed by atoms with Gasteiger partial charge in [0.1, 0.15) is 28.2 Å². The van der Waals surface area contributed by atoms with E-state index in [9.17, 15) is 10.2 Å². The van der Waals surface area contributed by atoms with Crippen molar-refractivity contribution in [2.45, 2.75) is 0 Å². The summed E-state index contributed by atoms with van der Waals surface area (Å²) in [6.45, 7) is 0. The van der Waals surface area contributed by atoms with E-state index in [2.05, 4.69) is 0 Å². The number of fused-ring (bicyclic) bond motifs is 4. The Kier molecular flexibility index (Phi) is 1.59. The number of halogens is 1. The van der Waals surface area contributed by atoms with Crippen molar-refractivity contribution in [2.24, 2.45) is 0 Å². The van der Waals surface area contributed by atoms with E-state index in [1.807, 2.05) is 27.5 Å². The molecule has 0 spiro atoms. The average molecular weight is 262 g/mol. The predicted molar refractivity (Wildman–Crippen MR) is 67.2 cm³/mol. The van der Waals surface area contributed by atoms with Crippen molar-refractivity contribution in [3.05, 3.63) is 41.4 Å². The van der Waals surface area contributed by atoms with Crippen LogP contribution in [0.3, 0.4) is 0 Å². The summed E-state index contributed by atoms with van der Waals surface area (Å²) in [4.78, 5) is 1.80. The number of rotatable bonds is 1. The largest absolute Gasteiger partial charge is 0.508 e. The number of phenolic OH excluding ortho intramolecular Hbond substituents is 2. The molecule has 90 valence electrons. The van der Waals surface area contributed by atoms with Gasteiger partial charge in [-0.05, 0) is 30.3 Å².